The molecule has 0 N–H and O–H groups in total. The third kappa shape index (κ3) is 4.14. The zero-order valence-electron chi connectivity index (χ0n) is 13.8. The molecule has 1 fully saturated rings. The molecule has 10 heteroatoms. The van der Waals surface area contributed by atoms with Crippen molar-refractivity contribution < 1.29 is 17.6 Å². The summed E-state index contributed by atoms with van der Waals surface area (Å²) in [5.74, 6) is -1.11. The van der Waals surface area contributed by atoms with Crippen LogP contribution in [0, 0.1) is 5.82 Å². The number of hydrogen-bond donors (Lipinski definition) is 0. The molecule has 0 atom stereocenters. The highest BCUT2D eigenvalue weighted by atomic mass is 79.9. The first kappa shape index (κ1) is 20.5. The van der Waals surface area contributed by atoms with Crippen molar-refractivity contribution in [1.29, 1.82) is 0 Å². The predicted octanol–water partition coefficient (Wildman–Crippen LogP) is 4.04. The first-order chi connectivity index (χ1) is 12.7. The number of nitrogens with zero attached hydrogens (tertiary/aromatic N) is 2. The zero-order valence-corrected chi connectivity index (χ0v) is 17.7. The van der Waals surface area contributed by atoms with E-state index in [0.29, 0.717) is 4.47 Å². The summed E-state index contributed by atoms with van der Waals surface area (Å²) >= 11 is 15.3. The SMILES string of the molecule is O=C(c1cc(Br)ccc1F)N1CCN(S(=O)(=O)c2c(Cl)cccc2Cl)CC1. The van der Waals surface area contributed by atoms with Gasteiger partial charge in [-0.25, -0.2) is 12.8 Å². The van der Waals surface area contributed by atoms with Crippen LogP contribution in [-0.2, 0) is 10.0 Å². The second-order valence-electron chi connectivity index (χ2n) is 5.87. The third-order valence-corrected chi connectivity index (χ3v) is 7.55. The van der Waals surface area contributed by atoms with Crippen molar-refractivity contribution in [2.24, 2.45) is 0 Å². The molecule has 144 valence electrons. The summed E-state index contributed by atoms with van der Waals surface area (Å²) in [6.07, 6.45) is 0. The van der Waals surface area contributed by atoms with Crippen molar-refractivity contribution >= 4 is 55.1 Å². The largest absolute Gasteiger partial charge is 0.336 e. The lowest BCUT2D eigenvalue weighted by atomic mass is 10.1. The standard InChI is InChI=1S/C17H14BrCl2FN2O3S/c18-11-4-5-15(21)12(10-11)17(24)22-6-8-23(9-7-22)27(25,26)16-13(19)2-1-3-14(16)20/h1-5,10H,6-9H2. The molecule has 1 aliphatic rings. The molecule has 0 bridgehead atoms. The van der Waals surface area contributed by atoms with Crippen molar-refractivity contribution in [3.05, 3.63) is 62.3 Å². The molecule has 0 aliphatic carbocycles. The zero-order chi connectivity index (χ0) is 19.8. The number of benzene rings is 2. The Bertz CT molecular complexity index is 975. The number of hydrogen-bond acceptors (Lipinski definition) is 3. The second kappa shape index (κ2) is 8.05. The molecule has 3 rings (SSSR count). The topological polar surface area (TPSA) is 57.7 Å². The molecule has 2 aromatic rings. The lowest BCUT2D eigenvalue weighted by Gasteiger charge is -2.34. The van der Waals surface area contributed by atoms with Crippen LogP contribution in [0.25, 0.3) is 0 Å². The van der Waals surface area contributed by atoms with E-state index in [-0.39, 0.29) is 46.7 Å². The maximum absolute atomic E-state index is 13.9. The molecule has 0 aromatic heterocycles. The smallest absolute Gasteiger partial charge is 0.256 e. The molecule has 1 heterocycles. The monoisotopic (exact) mass is 494 g/mol. The summed E-state index contributed by atoms with van der Waals surface area (Å²) in [6.45, 7) is 0.384. The number of carbonyl (C=O) groups is 1. The Balaban J connectivity index is 1.77. The maximum atomic E-state index is 13.9. The minimum absolute atomic E-state index is 0.0391. The van der Waals surface area contributed by atoms with Gasteiger partial charge in [-0.15, -0.1) is 0 Å². The Labute approximate surface area is 174 Å². The molecule has 5 nitrogen and oxygen atoms in total. The van der Waals surface area contributed by atoms with Gasteiger partial charge in [0.25, 0.3) is 5.91 Å². The summed E-state index contributed by atoms with van der Waals surface area (Å²) in [6, 6.07) is 8.59. The van der Waals surface area contributed by atoms with Crippen LogP contribution in [0.5, 0.6) is 0 Å². The summed E-state index contributed by atoms with van der Waals surface area (Å²) in [5.41, 5.74) is -0.0603. The van der Waals surface area contributed by atoms with Gasteiger partial charge in [0, 0.05) is 30.7 Å². The van der Waals surface area contributed by atoms with E-state index < -0.39 is 21.7 Å². The molecule has 2 aromatic carbocycles. The van der Waals surface area contributed by atoms with Crippen LogP contribution in [0.15, 0.2) is 45.8 Å². The fourth-order valence-corrected chi connectivity index (χ4v) is 5.70. The van der Waals surface area contributed by atoms with Gasteiger partial charge in [0.15, 0.2) is 0 Å². The van der Waals surface area contributed by atoms with Gasteiger partial charge in [0.2, 0.25) is 10.0 Å². The van der Waals surface area contributed by atoms with Crippen molar-refractivity contribution in [2.75, 3.05) is 26.2 Å². The third-order valence-electron chi connectivity index (χ3n) is 4.20. The summed E-state index contributed by atoms with van der Waals surface area (Å²) in [4.78, 5) is 13.8. The van der Waals surface area contributed by atoms with Crippen molar-refractivity contribution in [3.8, 4) is 0 Å². The van der Waals surface area contributed by atoms with Gasteiger partial charge in [-0.2, -0.15) is 4.31 Å². The highest BCUT2D eigenvalue weighted by Crippen LogP contribution is 2.32. The van der Waals surface area contributed by atoms with E-state index in [4.69, 9.17) is 23.2 Å². The molecule has 0 unspecified atom stereocenters. The normalized spacial score (nSPS) is 15.8. The van der Waals surface area contributed by atoms with E-state index in [1.165, 1.54) is 39.5 Å². The highest BCUT2D eigenvalue weighted by Gasteiger charge is 2.33. The van der Waals surface area contributed by atoms with Gasteiger partial charge in [-0.05, 0) is 30.3 Å². The molecule has 0 radical (unpaired) electrons. The molecule has 1 amide bonds. The van der Waals surface area contributed by atoms with Crippen molar-refractivity contribution in [1.82, 2.24) is 9.21 Å². The number of carbonyl (C=O) groups excluding carboxylic acids is 1. The summed E-state index contributed by atoms with van der Waals surface area (Å²) in [7, 11) is -3.90. The number of rotatable bonds is 3. The van der Waals surface area contributed by atoms with Crippen LogP contribution in [0.4, 0.5) is 4.39 Å². The van der Waals surface area contributed by atoms with Gasteiger partial charge >= 0.3 is 0 Å². The van der Waals surface area contributed by atoms with Gasteiger partial charge in [0.05, 0.1) is 15.6 Å². The molecule has 0 saturated carbocycles. The van der Waals surface area contributed by atoms with Crippen molar-refractivity contribution in [3.63, 3.8) is 0 Å². The number of halogens is 4. The minimum atomic E-state index is -3.90. The molecule has 27 heavy (non-hydrogen) atoms. The number of piperazine rings is 1. The fourth-order valence-electron chi connectivity index (χ4n) is 2.82. The average molecular weight is 496 g/mol. The van der Waals surface area contributed by atoms with Gasteiger partial charge in [-0.3, -0.25) is 4.79 Å². The van der Waals surface area contributed by atoms with E-state index in [1.807, 2.05) is 0 Å². The lowest BCUT2D eigenvalue weighted by molar-refractivity contribution is 0.0693. The molecule has 1 aliphatic heterocycles. The Morgan fingerprint density at radius 1 is 1.04 bits per heavy atom. The minimum Gasteiger partial charge on any atom is -0.336 e. The highest BCUT2D eigenvalue weighted by molar-refractivity contribution is 9.10. The molecule has 1 saturated heterocycles. The number of sulfonamides is 1. The maximum Gasteiger partial charge on any atom is 0.256 e. The van der Waals surface area contributed by atoms with E-state index in [9.17, 15) is 17.6 Å². The fraction of sp³-hybridized carbons (Fsp3) is 0.235. The van der Waals surface area contributed by atoms with Gasteiger partial charge in [0.1, 0.15) is 10.7 Å². The average Bonchev–Trinajstić information content (AvgIpc) is 2.63. The molecular formula is C17H14BrCl2FN2O3S. The molecular weight excluding hydrogens is 482 g/mol. The second-order valence-corrected chi connectivity index (χ2v) is 9.48. The van der Waals surface area contributed by atoms with E-state index in [0.717, 1.165) is 0 Å². The first-order valence-corrected chi connectivity index (χ1v) is 10.9. The van der Waals surface area contributed by atoms with Crippen LogP contribution in [-0.4, -0.2) is 49.7 Å². The van der Waals surface area contributed by atoms with Crippen LogP contribution in [0.3, 0.4) is 0 Å². The van der Waals surface area contributed by atoms with Gasteiger partial charge < -0.3 is 4.90 Å². The Morgan fingerprint density at radius 2 is 1.63 bits per heavy atom. The van der Waals surface area contributed by atoms with E-state index in [1.54, 1.807) is 6.07 Å². The van der Waals surface area contributed by atoms with Crippen LogP contribution in [0.2, 0.25) is 10.0 Å². The van der Waals surface area contributed by atoms with Crippen LogP contribution in [0.1, 0.15) is 10.4 Å². The van der Waals surface area contributed by atoms with Crippen LogP contribution >= 0.6 is 39.1 Å². The Hall–Kier alpha value is -1.19. The lowest BCUT2D eigenvalue weighted by Crippen LogP contribution is -2.50. The van der Waals surface area contributed by atoms with E-state index >= 15 is 0 Å². The van der Waals surface area contributed by atoms with Gasteiger partial charge in [-0.1, -0.05) is 45.2 Å². The van der Waals surface area contributed by atoms with Crippen LogP contribution < -0.4 is 0 Å². The summed E-state index contributed by atoms with van der Waals surface area (Å²) in [5, 5.41) is 0.0782. The predicted molar refractivity (Wildman–Crippen MR) is 105 cm³/mol. The first-order valence-electron chi connectivity index (χ1n) is 7.90. The number of amides is 1. The van der Waals surface area contributed by atoms with Crippen molar-refractivity contribution in [2.45, 2.75) is 4.90 Å². The Kier molecular flexibility index (Phi) is 6.12. The van der Waals surface area contributed by atoms with E-state index in [2.05, 4.69) is 15.9 Å². The quantitative estimate of drug-likeness (QED) is 0.645. The summed E-state index contributed by atoms with van der Waals surface area (Å²) < 4.78 is 41.5. The molecule has 0 spiro atoms. The Morgan fingerprint density at radius 3 is 2.22 bits per heavy atom.